The minimum Gasteiger partial charge on any atom is -0.378 e. The number of urea groups is 1. The molecule has 36 heavy (non-hydrogen) atoms. The quantitative estimate of drug-likeness (QED) is 0.257. The predicted molar refractivity (Wildman–Crippen MR) is 137 cm³/mol. The third-order valence-corrected chi connectivity index (χ3v) is 6.48. The highest BCUT2D eigenvalue weighted by Gasteiger charge is 2.28. The topological polar surface area (TPSA) is 171 Å². The SMILES string of the molecule is CC(C)[C@H](N)C(=O)CC(CCCNC(N)=O)C(=O)Nc1ccc(C(O)C(=O)N2CCN(C)CC2)cc1. The van der Waals surface area contributed by atoms with E-state index >= 15 is 0 Å². The summed E-state index contributed by atoms with van der Waals surface area (Å²) in [4.78, 5) is 52.9. The molecule has 7 N–H and O–H groups in total. The van der Waals surface area contributed by atoms with Crippen LogP contribution >= 0.6 is 0 Å². The number of primary amides is 1. The fourth-order valence-corrected chi connectivity index (χ4v) is 3.97. The van der Waals surface area contributed by atoms with Crippen LogP contribution in [0.5, 0.6) is 0 Å². The molecule has 1 saturated heterocycles. The molecule has 11 heteroatoms. The molecular weight excluding hydrogens is 464 g/mol. The fourth-order valence-electron chi connectivity index (χ4n) is 3.97. The maximum absolute atomic E-state index is 13.0. The maximum Gasteiger partial charge on any atom is 0.312 e. The number of hydrogen-bond acceptors (Lipinski definition) is 7. The molecule has 1 fully saturated rings. The molecule has 1 aliphatic rings. The van der Waals surface area contributed by atoms with Crippen molar-refractivity contribution in [1.29, 1.82) is 0 Å². The van der Waals surface area contributed by atoms with E-state index in [4.69, 9.17) is 11.5 Å². The van der Waals surface area contributed by atoms with Gasteiger partial charge in [-0.25, -0.2) is 4.79 Å². The number of benzene rings is 1. The molecule has 1 heterocycles. The van der Waals surface area contributed by atoms with Gasteiger partial charge in [-0.05, 0) is 43.5 Å². The Morgan fingerprint density at radius 2 is 1.67 bits per heavy atom. The number of piperazine rings is 1. The maximum atomic E-state index is 13.0. The molecule has 11 nitrogen and oxygen atoms in total. The lowest BCUT2D eigenvalue weighted by atomic mass is 9.90. The lowest BCUT2D eigenvalue weighted by Gasteiger charge is -2.33. The first kappa shape index (κ1) is 29.2. The van der Waals surface area contributed by atoms with Crippen molar-refractivity contribution in [2.45, 2.75) is 45.3 Å². The van der Waals surface area contributed by atoms with Gasteiger partial charge in [0.2, 0.25) is 5.91 Å². The molecule has 0 aliphatic carbocycles. The number of rotatable bonds is 12. The first-order valence-electron chi connectivity index (χ1n) is 12.4. The van der Waals surface area contributed by atoms with Gasteiger partial charge in [-0.2, -0.15) is 0 Å². The van der Waals surface area contributed by atoms with Crippen molar-refractivity contribution < 1.29 is 24.3 Å². The van der Waals surface area contributed by atoms with Crippen LogP contribution in [-0.2, 0) is 14.4 Å². The number of carbonyl (C=O) groups is 4. The molecule has 0 aromatic heterocycles. The first-order valence-corrected chi connectivity index (χ1v) is 12.4. The summed E-state index contributed by atoms with van der Waals surface area (Å²) in [6.07, 6.45) is -0.472. The van der Waals surface area contributed by atoms with E-state index < -0.39 is 24.1 Å². The van der Waals surface area contributed by atoms with Crippen LogP contribution < -0.4 is 22.1 Å². The van der Waals surface area contributed by atoms with Crippen LogP contribution in [0.3, 0.4) is 0 Å². The summed E-state index contributed by atoms with van der Waals surface area (Å²) < 4.78 is 0. The molecular formula is C25H40N6O5. The number of anilines is 1. The second kappa shape index (κ2) is 13.9. The first-order chi connectivity index (χ1) is 17.0. The van der Waals surface area contributed by atoms with Gasteiger partial charge in [0.05, 0.1) is 6.04 Å². The highest BCUT2D eigenvalue weighted by atomic mass is 16.3. The molecule has 0 spiro atoms. The lowest BCUT2D eigenvalue weighted by molar-refractivity contribution is -0.142. The second-order valence-corrected chi connectivity index (χ2v) is 9.71. The number of nitrogens with two attached hydrogens (primary N) is 2. The smallest absolute Gasteiger partial charge is 0.312 e. The molecule has 1 aromatic rings. The van der Waals surface area contributed by atoms with Gasteiger partial charge in [0.15, 0.2) is 11.9 Å². The molecule has 3 atom stereocenters. The Balaban J connectivity index is 2.01. The van der Waals surface area contributed by atoms with Crippen molar-refractivity contribution >= 4 is 29.3 Å². The van der Waals surface area contributed by atoms with Gasteiger partial charge < -0.3 is 37.0 Å². The highest BCUT2D eigenvalue weighted by Crippen LogP contribution is 2.21. The number of nitrogens with one attached hydrogen (secondary N) is 2. The summed E-state index contributed by atoms with van der Waals surface area (Å²) in [6.45, 7) is 6.63. The van der Waals surface area contributed by atoms with Gasteiger partial charge in [-0.1, -0.05) is 26.0 Å². The third-order valence-electron chi connectivity index (χ3n) is 6.48. The zero-order valence-electron chi connectivity index (χ0n) is 21.4. The summed E-state index contributed by atoms with van der Waals surface area (Å²) in [6, 6.07) is 5.10. The third kappa shape index (κ3) is 8.89. The van der Waals surface area contributed by atoms with E-state index in [1.807, 2.05) is 20.9 Å². The van der Waals surface area contributed by atoms with Gasteiger partial charge in [-0.15, -0.1) is 0 Å². The molecule has 1 aliphatic heterocycles. The van der Waals surface area contributed by atoms with Crippen LogP contribution in [0.15, 0.2) is 24.3 Å². The molecule has 2 rings (SSSR count). The number of amides is 4. The summed E-state index contributed by atoms with van der Waals surface area (Å²) in [5, 5.41) is 15.8. The van der Waals surface area contributed by atoms with Crippen LogP contribution in [-0.4, -0.2) is 84.3 Å². The number of nitrogens with zero attached hydrogens (tertiary/aromatic N) is 2. The minimum absolute atomic E-state index is 0.0158. The van der Waals surface area contributed by atoms with Crippen molar-refractivity contribution in [2.75, 3.05) is 45.1 Å². The number of ketones is 1. The molecule has 1 aromatic carbocycles. The van der Waals surface area contributed by atoms with Crippen LogP contribution in [0.25, 0.3) is 0 Å². The Hall–Kier alpha value is -3.02. The monoisotopic (exact) mass is 504 g/mol. The molecule has 4 amide bonds. The van der Waals surface area contributed by atoms with Crippen molar-refractivity contribution in [3.63, 3.8) is 0 Å². The second-order valence-electron chi connectivity index (χ2n) is 9.71. The van der Waals surface area contributed by atoms with Gasteiger partial charge in [0.1, 0.15) is 0 Å². The largest absolute Gasteiger partial charge is 0.378 e. The number of likely N-dealkylation sites (N-methyl/N-ethyl adjacent to an activating group) is 1. The molecule has 2 unspecified atom stereocenters. The Morgan fingerprint density at radius 1 is 1.06 bits per heavy atom. The number of carbonyl (C=O) groups excluding carboxylic acids is 4. The molecule has 0 saturated carbocycles. The van der Waals surface area contributed by atoms with Gasteiger partial charge in [0.25, 0.3) is 5.91 Å². The Labute approximate surface area is 212 Å². The normalized spacial score (nSPS) is 16.8. The van der Waals surface area contributed by atoms with E-state index in [-0.39, 0.29) is 36.5 Å². The summed E-state index contributed by atoms with van der Waals surface area (Å²) in [7, 11) is 1.99. The molecule has 0 bridgehead atoms. The minimum atomic E-state index is -1.28. The summed E-state index contributed by atoms with van der Waals surface area (Å²) in [5.74, 6) is -1.58. The van der Waals surface area contributed by atoms with Crippen LogP contribution in [0.2, 0.25) is 0 Å². The standard InChI is InChI=1S/C25H40N6O5/c1-16(2)21(26)20(32)15-18(5-4-10-28-25(27)36)23(34)29-19-8-6-17(7-9-19)22(33)24(35)31-13-11-30(3)12-14-31/h6-9,16,18,21-22,33H,4-5,10-15,26H2,1-3H3,(H,29,34)(H3,27,28,36)/t18?,21-,22?/m0/s1. The van der Waals surface area contributed by atoms with Crippen molar-refractivity contribution in [3.8, 4) is 0 Å². The lowest BCUT2D eigenvalue weighted by Crippen LogP contribution is -2.48. The van der Waals surface area contributed by atoms with E-state index in [9.17, 15) is 24.3 Å². The van der Waals surface area contributed by atoms with E-state index in [1.54, 1.807) is 29.2 Å². The molecule has 0 radical (unpaired) electrons. The highest BCUT2D eigenvalue weighted by molar-refractivity contribution is 5.96. The van der Waals surface area contributed by atoms with Gasteiger partial charge >= 0.3 is 6.03 Å². The number of aliphatic hydroxyl groups excluding tert-OH is 1. The zero-order valence-corrected chi connectivity index (χ0v) is 21.4. The van der Waals surface area contributed by atoms with Gasteiger partial charge in [0, 0.05) is 50.7 Å². The van der Waals surface area contributed by atoms with Crippen molar-refractivity contribution in [1.82, 2.24) is 15.1 Å². The number of aliphatic hydroxyl groups is 1. The van der Waals surface area contributed by atoms with Crippen molar-refractivity contribution in [2.24, 2.45) is 23.3 Å². The fraction of sp³-hybridized carbons (Fsp3) is 0.600. The summed E-state index contributed by atoms with van der Waals surface area (Å²) >= 11 is 0. The zero-order chi connectivity index (χ0) is 26.8. The van der Waals surface area contributed by atoms with E-state index in [1.165, 1.54) is 0 Å². The molecule has 200 valence electrons. The van der Waals surface area contributed by atoms with Crippen LogP contribution in [0.4, 0.5) is 10.5 Å². The summed E-state index contributed by atoms with van der Waals surface area (Å²) in [5.41, 5.74) is 12.0. The Bertz CT molecular complexity index is 899. The van der Waals surface area contributed by atoms with Gasteiger partial charge in [-0.3, -0.25) is 14.4 Å². The van der Waals surface area contributed by atoms with Crippen LogP contribution in [0, 0.1) is 11.8 Å². The predicted octanol–water partition coefficient (Wildman–Crippen LogP) is 0.440. The van der Waals surface area contributed by atoms with E-state index in [2.05, 4.69) is 15.5 Å². The number of Topliss-reactive ketones (excluding diaryl/α,β-unsaturated/α-hetero) is 1. The average Bonchev–Trinajstić information content (AvgIpc) is 2.85. The van der Waals surface area contributed by atoms with Crippen LogP contribution in [0.1, 0.15) is 44.8 Å². The number of hydrogen-bond donors (Lipinski definition) is 5. The van der Waals surface area contributed by atoms with Crippen molar-refractivity contribution in [3.05, 3.63) is 29.8 Å². The Kier molecular flexibility index (Phi) is 11.3. The Morgan fingerprint density at radius 3 is 2.22 bits per heavy atom. The average molecular weight is 505 g/mol. The van der Waals surface area contributed by atoms with E-state index in [0.717, 1.165) is 13.1 Å². The van der Waals surface area contributed by atoms with E-state index in [0.29, 0.717) is 37.2 Å².